The van der Waals surface area contributed by atoms with Crippen LogP contribution in [0.5, 0.6) is 0 Å². The van der Waals surface area contributed by atoms with Crippen LogP contribution in [0.15, 0.2) is 47.0 Å². The normalized spacial score (nSPS) is 10.9. The number of hydrogen-bond donors (Lipinski definition) is 3. The summed E-state index contributed by atoms with van der Waals surface area (Å²) in [5.41, 5.74) is 1.75. The lowest BCUT2D eigenvalue weighted by Crippen LogP contribution is -2.40. The minimum absolute atomic E-state index is 0.0234. The number of aromatic nitrogens is 4. The predicted octanol–water partition coefficient (Wildman–Crippen LogP) is 2.77. The van der Waals surface area contributed by atoms with Crippen LogP contribution in [0.2, 0.25) is 5.02 Å². The lowest BCUT2D eigenvalue weighted by Gasteiger charge is -2.04. The highest BCUT2D eigenvalue weighted by Gasteiger charge is 2.15. The number of amides is 2. The number of carbonyl (C=O) groups is 2. The molecular formula is C21H18ClFN6O3. The fourth-order valence-corrected chi connectivity index (χ4v) is 3.13. The maximum Gasteiger partial charge on any atom is 0.309 e. The number of fused-ring (bicyclic) bond motifs is 1. The van der Waals surface area contributed by atoms with Crippen molar-refractivity contribution in [2.24, 2.45) is 0 Å². The van der Waals surface area contributed by atoms with Gasteiger partial charge in [-0.1, -0.05) is 47.1 Å². The average Bonchev–Trinajstić information content (AvgIpc) is 3.42. The molecule has 0 aliphatic carbocycles. The summed E-state index contributed by atoms with van der Waals surface area (Å²) < 4.78 is 18.7. The van der Waals surface area contributed by atoms with Crippen molar-refractivity contribution in [1.29, 1.82) is 0 Å². The number of hydrogen-bond acceptors (Lipinski definition) is 6. The Kier molecular flexibility index (Phi) is 6.41. The third kappa shape index (κ3) is 5.09. The van der Waals surface area contributed by atoms with Crippen LogP contribution in [0.3, 0.4) is 0 Å². The minimum Gasteiger partial charge on any atom is -0.348 e. The predicted molar refractivity (Wildman–Crippen MR) is 114 cm³/mol. The van der Waals surface area contributed by atoms with Gasteiger partial charge in [0.15, 0.2) is 0 Å². The summed E-state index contributed by atoms with van der Waals surface area (Å²) in [6.07, 6.45) is 0.977. The molecule has 32 heavy (non-hydrogen) atoms. The Morgan fingerprint density at radius 3 is 2.69 bits per heavy atom. The summed E-state index contributed by atoms with van der Waals surface area (Å²) in [4.78, 5) is 35.3. The second-order valence-electron chi connectivity index (χ2n) is 6.89. The highest BCUT2D eigenvalue weighted by Crippen LogP contribution is 2.21. The van der Waals surface area contributed by atoms with E-state index in [0.29, 0.717) is 41.4 Å². The van der Waals surface area contributed by atoms with E-state index in [9.17, 15) is 14.0 Å². The van der Waals surface area contributed by atoms with Crippen LogP contribution in [0, 0.1) is 5.82 Å². The topological polar surface area (TPSA) is 126 Å². The van der Waals surface area contributed by atoms with Gasteiger partial charge in [0.05, 0.1) is 22.6 Å². The SMILES string of the molecule is O=C(NCCCc1nc(-c2ccccc2)no1)C(=O)NCc1nc2cc(Cl)c(F)cc2[nH]1. The van der Waals surface area contributed by atoms with E-state index in [1.54, 1.807) is 0 Å². The Labute approximate surface area is 186 Å². The number of nitrogens with one attached hydrogen (secondary N) is 3. The number of aromatic amines is 1. The molecule has 0 aliphatic rings. The number of halogens is 2. The second kappa shape index (κ2) is 9.56. The molecule has 11 heteroatoms. The maximum atomic E-state index is 13.5. The molecule has 0 fully saturated rings. The number of benzene rings is 2. The average molecular weight is 457 g/mol. The first-order chi connectivity index (χ1) is 15.5. The molecule has 0 atom stereocenters. The largest absolute Gasteiger partial charge is 0.348 e. The van der Waals surface area contributed by atoms with E-state index >= 15 is 0 Å². The number of rotatable bonds is 7. The lowest BCUT2D eigenvalue weighted by atomic mass is 10.2. The van der Waals surface area contributed by atoms with E-state index in [2.05, 4.69) is 30.7 Å². The van der Waals surface area contributed by atoms with Crippen LogP contribution in [-0.4, -0.2) is 38.5 Å². The molecule has 0 radical (unpaired) electrons. The first-order valence-electron chi connectivity index (χ1n) is 9.77. The zero-order valence-corrected chi connectivity index (χ0v) is 17.4. The fourth-order valence-electron chi connectivity index (χ4n) is 2.97. The van der Waals surface area contributed by atoms with Crippen molar-refractivity contribution in [3.8, 4) is 11.4 Å². The van der Waals surface area contributed by atoms with Gasteiger partial charge in [0, 0.05) is 24.6 Å². The molecule has 4 aromatic rings. The zero-order valence-electron chi connectivity index (χ0n) is 16.7. The van der Waals surface area contributed by atoms with Gasteiger partial charge in [0.25, 0.3) is 0 Å². The zero-order chi connectivity index (χ0) is 22.5. The quantitative estimate of drug-likeness (QED) is 0.290. The Bertz CT molecular complexity index is 1220. The molecule has 4 rings (SSSR count). The molecule has 2 amide bonds. The highest BCUT2D eigenvalue weighted by atomic mass is 35.5. The third-order valence-corrected chi connectivity index (χ3v) is 4.84. The Hall–Kier alpha value is -3.79. The molecule has 0 bridgehead atoms. The van der Waals surface area contributed by atoms with Crippen molar-refractivity contribution in [2.75, 3.05) is 6.54 Å². The van der Waals surface area contributed by atoms with Crippen LogP contribution in [0.4, 0.5) is 4.39 Å². The standard InChI is InChI=1S/C21H18ClFN6O3/c22-13-9-15-16(10-14(13)23)27-17(26-15)11-25-21(31)20(30)24-8-4-7-18-28-19(29-32-18)12-5-2-1-3-6-12/h1-3,5-6,9-10H,4,7-8,11H2,(H,24,30)(H,25,31)(H,26,27). The maximum absolute atomic E-state index is 13.5. The highest BCUT2D eigenvalue weighted by molar-refractivity contribution is 6.35. The number of nitrogens with zero attached hydrogens (tertiary/aromatic N) is 3. The van der Waals surface area contributed by atoms with E-state index in [1.165, 1.54) is 12.1 Å². The van der Waals surface area contributed by atoms with Gasteiger partial charge in [-0.2, -0.15) is 4.98 Å². The van der Waals surface area contributed by atoms with Crippen LogP contribution in [-0.2, 0) is 22.6 Å². The summed E-state index contributed by atoms with van der Waals surface area (Å²) in [5, 5.41) is 8.87. The van der Waals surface area contributed by atoms with Crippen molar-refractivity contribution in [2.45, 2.75) is 19.4 Å². The van der Waals surface area contributed by atoms with E-state index < -0.39 is 17.6 Å². The summed E-state index contributed by atoms with van der Waals surface area (Å²) in [6, 6.07) is 12.0. The fraction of sp³-hybridized carbons (Fsp3) is 0.190. The van der Waals surface area contributed by atoms with E-state index in [4.69, 9.17) is 16.1 Å². The first kappa shape index (κ1) is 21.4. The first-order valence-corrected chi connectivity index (χ1v) is 10.1. The summed E-state index contributed by atoms with van der Waals surface area (Å²) in [7, 11) is 0. The van der Waals surface area contributed by atoms with Gasteiger partial charge >= 0.3 is 11.8 Å². The molecule has 2 aromatic heterocycles. The van der Waals surface area contributed by atoms with E-state index in [1.807, 2.05) is 30.3 Å². The Balaban J connectivity index is 1.20. The summed E-state index contributed by atoms with van der Waals surface area (Å²) in [6.45, 7) is 0.238. The van der Waals surface area contributed by atoms with E-state index in [-0.39, 0.29) is 18.1 Å². The van der Waals surface area contributed by atoms with Crippen LogP contribution in [0.1, 0.15) is 18.1 Å². The van der Waals surface area contributed by atoms with Crippen molar-refractivity contribution in [3.05, 3.63) is 65.0 Å². The molecule has 164 valence electrons. The van der Waals surface area contributed by atoms with Gasteiger partial charge < -0.3 is 20.1 Å². The molecule has 0 aliphatic heterocycles. The minimum atomic E-state index is -0.807. The molecule has 0 spiro atoms. The van der Waals surface area contributed by atoms with Gasteiger partial charge in [-0.3, -0.25) is 9.59 Å². The third-order valence-electron chi connectivity index (χ3n) is 4.55. The van der Waals surface area contributed by atoms with Gasteiger partial charge in [0.2, 0.25) is 11.7 Å². The second-order valence-corrected chi connectivity index (χ2v) is 7.29. The van der Waals surface area contributed by atoms with Gasteiger partial charge in [-0.05, 0) is 12.5 Å². The van der Waals surface area contributed by atoms with E-state index in [0.717, 1.165) is 5.56 Å². The van der Waals surface area contributed by atoms with Crippen molar-refractivity contribution >= 4 is 34.4 Å². The monoisotopic (exact) mass is 456 g/mol. The molecule has 2 heterocycles. The molecule has 0 saturated heterocycles. The molecule has 2 aromatic carbocycles. The van der Waals surface area contributed by atoms with Crippen LogP contribution < -0.4 is 10.6 Å². The smallest absolute Gasteiger partial charge is 0.309 e. The van der Waals surface area contributed by atoms with Crippen molar-refractivity contribution in [1.82, 2.24) is 30.7 Å². The van der Waals surface area contributed by atoms with Crippen molar-refractivity contribution < 1.29 is 18.5 Å². The molecular weight excluding hydrogens is 439 g/mol. The molecule has 0 saturated carbocycles. The number of aryl methyl sites for hydroxylation is 1. The Morgan fingerprint density at radius 1 is 1.09 bits per heavy atom. The molecule has 9 nitrogen and oxygen atoms in total. The van der Waals surface area contributed by atoms with Gasteiger partial charge in [-0.15, -0.1) is 0 Å². The number of carbonyl (C=O) groups excluding carboxylic acids is 2. The number of imidazole rings is 1. The lowest BCUT2D eigenvalue weighted by molar-refractivity contribution is -0.139. The van der Waals surface area contributed by atoms with Crippen LogP contribution in [0.25, 0.3) is 22.4 Å². The summed E-state index contributed by atoms with van der Waals surface area (Å²) >= 11 is 5.73. The summed E-state index contributed by atoms with van der Waals surface area (Å²) in [5.74, 6) is -0.837. The molecule has 3 N–H and O–H groups in total. The van der Waals surface area contributed by atoms with Gasteiger partial charge in [0.1, 0.15) is 11.6 Å². The van der Waals surface area contributed by atoms with Gasteiger partial charge in [-0.25, -0.2) is 9.37 Å². The van der Waals surface area contributed by atoms with Crippen molar-refractivity contribution in [3.63, 3.8) is 0 Å². The number of H-pyrrole nitrogens is 1. The van der Waals surface area contributed by atoms with Crippen LogP contribution >= 0.6 is 11.6 Å². The molecule has 0 unspecified atom stereocenters. The Morgan fingerprint density at radius 2 is 1.88 bits per heavy atom.